The second kappa shape index (κ2) is 6.43. The standard InChI is InChI=1S/C8H20S2Si/c1-11(2,3)8-4-6-10-7-5-9/h9H,4-8H2,1-3H3. The van der Waals surface area contributed by atoms with E-state index in [1.807, 2.05) is 11.8 Å². The molecule has 0 aliphatic carbocycles. The van der Waals surface area contributed by atoms with E-state index in [2.05, 4.69) is 32.3 Å². The first-order valence-corrected chi connectivity index (χ1v) is 9.74. The molecule has 0 bridgehead atoms. The van der Waals surface area contributed by atoms with Gasteiger partial charge in [0.2, 0.25) is 0 Å². The number of hydrogen-bond donors (Lipinski definition) is 1. The molecule has 3 heteroatoms. The van der Waals surface area contributed by atoms with Gasteiger partial charge in [0.05, 0.1) is 0 Å². The van der Waals surface area contributed by atoms with Gasteiger partial charge in [-0.25, -0.2) is 0 Å². The Balaban J connectivity index is 3.02. The third-order valence-electron chi connectivity index (χ3n) is 1.45. The molecule has 0 aromatic rings. The van der Waals surface area contributed by atoms with Crippen LogP contribution in [0.2, 0.25) is 25.7 Å². The summed E-state index contributed by atoms with van der Waals surface area (Å²) in [6.45, 7) is 7.32. The van der Waals surface area contributed by atoms with Crippen LogP contribution >= 0.6 is 24.4 Å². The van der Waals surface area contributed by atoms with Crippen molar-refractivity contribution in [1.29, 1.82) is 0 Å². The van der Waals surface area contributed by atoms with Crippen LogP contribution in [-0.4, -0.2) is 25.3 Å². The normalized spacial score (nSPS) is 12.0. The molecule has 0 rings (SSSR count). The van der Waals surface area contributed by atoms with Gasteiger partial charge in [-0.1, -0.05) is 25.7 Å². The Kier molecular flexibility index (Phi) is 6.97. The van der Waals surface area contributed by atoms with Crippen molar-refractivity contribution in [3.63, 3.8) is 0 Å². The highest BCUT2D eigenvalue weighted by atomic mass is 32.2. The molecule has 0 aliphatic rings. The van der Waals surface area contributed by atoms with Gasteiger partial charge in [-0.05, 0) is 17.9 Å². The minimum Gasteiger partial charge on any atom is -0.179 e. The molecule has 11 heavy (non-hydrogen) atoms. The quantitative estimate of drug-likeness (QED) is 0.397. The molecule has 0 heterocycles. The van der Waals surface area contributed by atoms with Crippen molar-refractivity contribution in [3.05, 3.63) is 0 Å². The van der Waals surface area contributed by atoms with Gasteiger partial charge in [-0.3, -0.25) is 0 Å². The van der Waals surface area contributed by atoms with Crippen LogP contribution in [0.15, 0.2) is 0 Å². The molecule has 0 spiro atoms. The van der Waals surface area contributed by atoms with Gasteiger partial charge in [0, 0.05) is 13.8 Å². The van der Waals surface area contributed by atoms with Crippen LogP contribution in [0, 0.1) is 0 Å². The van der Waals surface area contributed by atoms with E-state index in [1.165, 1.54) is 24.0 Å². The summed E-state index contributed by atoms with van der Waals surface area (Å²) in [5, 5.41) is 0. The number of rotatable bonds is 6. The van der Waals surface area contributed by atoms with Crippen LogP contribution < -0.4 is 0 Å². The zero-order valence-electron chi connectivity index (χ0n) is 7.89. The summed E-state index contributed by atoms with van der Waals surface area (Å²) in [7, 11) is -0.750. The van der Waals surface area contributed by atoms with Crippen LogP contribution in [0.3, 0.4) is 0 Å². The molecule has 0 saturated carbocycles. The highest BCUT2D eigenvalue weighted by molar-refractivity contribution is 7.99. The summed E-state index contributed by atoms with van der Waals surface area (Å²) in [6, 6.07) is 1.48. The molecular weight excluding hydrogens is 188 g/mol. The van der Waals surface area contributed by atoms with Crippen molar-refractivity contribution in [2.24, 2.45) is 0 Å². The first-order chi connectivity index (χ1) is 5.06. The zero-order valence-corrected chi connectivity index (χ0v) is 10.6. The maximum Gasteiger partial charge on any atom is 0.0442 e. The Labute approximate surface area is 82.0 Å². The molecule has 0 aromatic heterocycles. The fourth-order valence-electron chi connectivity index (χ4n) is 0.871. The van der Waals surface area contributed by atoms with Crippen molar-refractivity contribution < 1.29 is 0 Å². The van der Waals surface area contributed by atoms with Crippen molar-refractivity contribution in [2.45, 2.75) is 32.1 Å². The minimum absolute atomic E-state index is 0.750. The number of hydrogen-bond acceptors (Lipinski definition) is 2. The van der Waals surface area contributed by atoms with E-state index in [0.29, 0.717) is 0 Å². The molecule has 0 N–H and O–H groups in total. The van der Waals surface area contributed by atoms with Crippen LogP contribution in [0.25, 0.3) is 0 Å². The second-order valence-electron chi connectivity index (χ2n) is 4.00. The molecular formula is C8H20S2Si. The lowest BCUT2D eigenvalue weighted by molar-refractivity contribution is 1.06. The minimum atomic E-state index is -0.750. The summed E-state index contributed by atoms with van der Waals surface area (Å²) in [5.74, 6) is 3.58. The lowest BCUT2D eigenvalue weighted by Crippen LogP contribution is -2.18. The smallest absolute Gasteiger partial charge is 0.0442 e. The first-order valence-electron chi connectivity index (χ1n) is 4.25. The topological polar surface area (TPSA) is 0 Å². The third-order valence-corrected chi connectivity index (χ3v) is 4.90. The van der Waals surface area contributed by atoms with Gasteiger partial charge in [0.1, 0.15) is 0 Å². The predicted molar refractivity (Wildman–Crippen MR) is 63.9 cm³/mol. The Morgan fingerprint density at radius 1 is 1.18 bits per heavy atom. The van der Waals surface area contributed by atoms with Crippen molar-refractivity contribution in [1.82, 2.24) is 0 Å². The van der Waals surface area contributed by atoms with E-state index in [4.69, 9.17) is 0 Å². The molecule has 0 atom stereocenters. The Morgan fingerprint density at radius 3 is 2.27 bits per heavy atom. The molecule has 0 saturated heterocycles. The number of thioether (sulfide) groups is 1. The lowest BCUT2D eigenvalue weighted by Gasteiger charge is -2.14. The largest absolute Gasteiger partial charge is 0.179 e. The zero-order chi connectivity index (χ0) is 8.74. The SMILES string of the molecule is C[Si](C)(C)CCCSCCS. The Hall–Kier alpha value is 0.917. The Bertz CT molecular complexity index is 88.6. The second-order valence-corrected chi connectivity index (χ2v) is 11.3. The van der Waals surface area contributed by atoms with Crippen molar-refractivity contribution in [2.75, 3.05) is 17.3 Å². The van der Waals surface area contributed by atoms with Gasteiger partial charge in [-0.2, -0.15) is 24.4 Å². The van der Waals surface area contributed by atoms with Crippen molar-refractivity contribution >= 4 is 32.5 Å². The van der Waals surface area contributed by atoms with E-state index in [0.717, 1.165) is 5.75 Å². The summed E-state index contributed by atoms with van der Waals surface area (Å²) < 4.78 is 0. The number of thiol groups is 1. The predicted octanol–water partition coefficient (Wildman–Crippen LogP) is 3.38. The lowest BCUT2D eigenvalue weighted by atomic mass is 10.6. The summed E-state index contributed by atoms with van der Waals surface area (Å²) in [4.78, 5) is 0. The molecule has 0 radical (unpaired) electrons. The highest BCUT2D eigenvalue weighted by Crippen LogP contribution is 2.14. The van der Waals surface area contributed by atoms with Gasteiger partial charge in [-0.15, -0.1) is 0 Å². The van der Waals surface area contributed by atoms with E-state index in [-0.39, 0.29) is 0 Å². The van der Waals surface area contributed by atoms with Crippen LogP contribution in [0.4, 0.5) is 0 Å². The molecule has 0 aliphatic heterocycles. The summed E-state index contributed by atoms with van der Waals surface area (Å²) >= 11 is 6.21. The highest BCUT2D eigenvalue weighted by Gasteiger charge is 2.11. The molecule has 68 valence electrons. The molecule has 0 nitrogen and oxygen atoms in total. The van der Waals surface area contributed by atoms with Gasteiger partial charge in [0.25, 0.3) is 0 Å². The molecule has 0 fully saturated rings. The third kappa shape index (κ3) is 10.9. The van der Waals surface area contributed by atoms with Crippen molar-refractivity contribution in [3.8, 4) is 0 Å². The van der Waals surface area contributed by atoms with Crippen LogP contribution in [0.1, 0.15) is 6.42 Å². The molecule has 0 aromatic carbocycles. The first kappa shape index (κ1) is 11.9. The summed E-state index contributed by atoms with van der Waals surface area (Å²) in [6.07, 6.45) is 1.41. The van der Waals surface area contributed by atoms with E-state index in [1.54, 1.807) is 0 Å². The van der Waals surface area contributed by atoms with Gasteiger partial charge >= 0.3 is 0 Å². The van der Waals surface area contributed by atoms with E-state index in [9.17, 15) is 0 Å². The van der Waals surface area contributed by atoms with Gasteiger partial charge < -0.3 is 0 Å². The molecule has 0 amide bonds. The molecule has 0 unspecified atom stereocenters. The van der Waals surface area contributed by atoms with Gasteiger partial charge in [0.15, 0.2) is 0 Å². The fraction of sp³-hybridized carbons (Fsp3) is 1.00. The summed E-state index contributed by atoms with van der Waals surface area (Å²) in [5.41, 5.74) is 0. The maximum atomic E-state index is 4.17. The van der Waals surface area contributed by atoms with Crippen LogP contribution in [-0.2, 0) is 0 Å². The maximum absolute atomic E-state index is 4.17. The average molecular weight is 208 g/mol. The average Bonchev–Trinajstić information content (AvgIpc) is 1.85. The monoisotopic (exact) mass is 208 g/mol. The van der Waals surface area contributed by atoms with E-state index < -0.39 is 8.07 Å². The van der Waals surface area contributed by atoms with Crippen LogP contribution in [0.5, 0.6) is 0 Å². The Morgan fingerprint density at radius 2 is 1.82 bits per heavy atom. The fourth-order valence-corrected chi connectivity index (χ4v) is 3.43. The van der Waals surface area contributed by atoms with E-state index >= 15 is 0 Å².